The number of rotatable bonds is 5. The van der Waals surface area contributed by atoms with E-state index < -0.39 is 0 Å². The number of nitrogens with two attached hydrogens (primary N) is 1. The predicted octanol–water partition coefficient (Wildman–Crippen LogP) is 0.183. The highest BCUT2D eigenvalue weighted by Crippen LogP contribution is 2.23. The van der Waals surface area contributed by atoms with E-state index in [1.807, 2.05) is 0 Å². The van der Waals surface area contributed by atoms with Gasteiger partial charge in [-0.25, -0.2) is 0 Å². The number of ether oxygens (including phenoxy) is 1. The zero-order valence-corrected chi connectivity index (χ0v) is 9.70. The maximum atomic E-state index is 11.6. The van der Waals surface area contributed by atoms with Crippen LogP contribution in [0.1, 0.15) is 32.6 Å². The number of amides is 1. The summed E-state index contributed by atoms with van der Waals surface area (Å²) in [5.41, 5.74) is 5.73. The van der Waals surface area contributed by atoms with Crippen LogP contribution in [0.25, 0.3) is 0 Å². The first-order valence-corrected chi connectivity index (χ1v) is 5.82. The first-order chi connectivity index (χ1) is 7.63. The minimum Gasteiger partial charge on any atom is -0.466 e. The van der Waals surface area contributed by atoms with Gasteiger partial charge in [-0.15, -0.1) is 0 Å². The Labute approximate surface area is 95.7 Å². The Balaban J connectivity index is 2.13. The van der Waals surface area contributed by atoms with Gasteiger partial charge in [-0.3, -0.25) is 9.59 Å². The van der Waals surface area contributed by atoms with Gasteiger partial charge in [-0.2, -0.15) is 0 Å². The van der Waals surface area contributed by atoms with E-state index in [4.69, 9.17) is 10.5 Å². The summed E-state index contributed by atoms with van der Waals surface area (Å²) in [5.74, 6) is -0.236. The van der Waals surface area contributed by atoms with Gasteiger partial charge in [0.15, 0.2) is 0 Å². The van der Waals surface area contributed by atoms with E-state index in [1.165, 1.54) is 0 Å². The third kappa shape index (κ3) is 4.18. The van der Waals surface area contributed by atoms with Crippen molar-refractivity contribution in [2.45, 2.75) is 38.6 Å². The minimum absolute atomic E-state index is 0.0113. The van der Waals surface area contributed by atoms with E-state index in [1.54, 1.807) is 6.92 Å². The van der Waals surface area contributed by atoms with E-state index in [9.17, 15) is 9.59 Å². The van der Waals surface area contributed by atoms with Gasteiger partial charge in [-0.1, -0.05) is 0 Å². The average Bonchev–Trinajstić information content (AvgIpc) is 2.65. The van der Waals surface area contributed by atoms with Crippen LogP contribution >= 0.6 is 0 Å². The topological polar surface area (TPSA) is 81.4 Å². The zero-order valence-electron chi connectivity index (χ0n) is 9.70. The molecule has 0 aromatic rings. The van der Waals surface area contributed by atoms with Crippen molar-refractivity contribution in [3.8, 4) is 0 Å². The second kappa shape index (κ2) is 6.48. The van der Waals surface area contributed by atoms with Crippen LogP contribution in [0.4, 0.5) is 0 Å². The standard InChI is InChI=1S/C11H20N2O3/c1-2-16-10(14)5-6-13-11(15)8-3-4-9(12)7-8/h8-9H,2-7,12H2,1H3,(H,13,15). The van der Waals surface area contributed by atoms with Crippen molar-refractivity contribution in [3.05, 3.63) is 0 Å². The summed E-state index contributed by atoms with van der Waals surface area (Å²) in [6, 6.07) is 0.154. The van der Waals surface area contributed by atoms with Gasteiger partial charge in [0.2, 0.25) is 5.91 Å². The summed E-state index contributed by atoms with van der Waals surface area (Å²) in [5, 5.41) is 2.74. The van der Waals surface area contributed by atoms with Crippen LogP contribution in [0.3, 0.4) is 0 Å². The van der Waals surface area contributed by atoms with Crippen LogP contribution in [0.5, 0.6) is 0 Å². The first kappa shape index (κ1) is 13.0. The van der Waals surface area contributed by atoms with Crippen LogP contribution in [0, 0.1) is 5.92 Å². The van der Waals surface area contributed by atoms with Crippen LogP contribution in [-0.2, 0) is 14.3 Å². The molecule has 92 valence electrons. The Morgan fingerprint density at radius 2 is 2.19 bits per heavy atom. The maximum absolute atomic E-state index is 11.6. The van der Waals surface area contributed by atoms with Crippen molar-refractivity contribution >= 4 is 11.9 Å². The molecule has 5 heteroatoms. The van der Waals surface area contributed by atoms with Crippen LogP contribution in [0.15, 0.2) is 0 Å². The molecule has 0 spiro atoms. The summed E-state index contributed by atoms with van der Waals surface area (Å²) >= 11 is 0. The molecule has 16 heavy (non-hydrogen) atoms. The van der Waals surface area contributed by atoms with Crippen molar-refractivity contribution in [2.24, 2.45) is 11.7 Å². The van der Waals surface area contributed by atoms with E-state index in [-0.39, 0.29) is 30.3 Å². The van der Waals surface area contributed by atoms with Gasteiger partial charge in [0.1, 0.15) is 0 Å². The predicted molar refractivity (Wildman–Crippen MR) is 59.6 cm³/mol. The van der Waals surface area contributed by atoms with Gasteiger partial charge in [0.25, 0.3) is 0 Å². The van der Waals surface area contributed by atoms with Crippen molar-refractivity contribution in [1.82, 2.24) is 5.32 Å². The Hall–Kier alpha value is -1.10. The second-order valence-corrected chi connectivity index (χ2v) is 4.12. The van der Waals surface area contributed by atoms with E-state index >= 15 is 0 Å². The fourth-order valence-electron chi connectivity index (χ4n) is 1.92. The smallest absolute Gasteiger partial charge is 0.307 e. The third-order valence-electron chi connectivity index (χ3n) is 2.78. The SMILES string of the molecule is CCOC(=O)CCNC(=O)C1CCC(N)C1. The minimum atomic E-state index is -0.272. The van der Waals surface area contributed by atoms with Crippen LogP contribution in [-0.4, -0.2) is 31.1 Å². The molecule has 1 saturated carbocycles. The number of hydrogen-bond donors (Lipinski definition) is 2. The second-order valence-electron chi connectivity index (χ2n) is 4.12. The van der Waals surface area contributed by atoms with Crippen molar-refractivity contribution in [2.75, 3.05) is 13.2 Å². The van der Waals surface area contributed by atoms with Crippen LogP contribution in [0.2, 0.25) is 0 Å². The molecule has 2 atom stereocenters. The lowest BCUT2D eigenvalue weighted by Gasteiger charge is -2.10. The van der Waals surface area contributed by atoms with Crippen molar-refractivity contribution < 1.29 is 14.3 Å². The Kier molecular flexibility index (Phi) is 5.25. The molecule has 0 aromatic heterocycles. The van der Waals surface area contributed by atoms with E-state index in [0.717, 1.165) is 19.3 Å². The fraction of sp³-hybridized carbons (Fsp3) is 0.818. The van der Waals surface area contributed by atoms with Crippen molar-refractivity contribution in [1.29, 1.82) is 0 Å². The van der Waals surface area contributed by atoms with E-state index in [0.29, 0.717) is 13.2 Å². The summed E-state index contributed by atoms with van der Waals surface area (Å²) in [4.78, 5) is 22.6. The van der Waals surface area contributed by atoms with Gasteiger partial charge >= 0.3 is 5.97 Å². The molecular formula is C11H20N2O3. The van der Waals surface area contributed by atoms with Gasteiger partial charge in [0, 0.05) is 18.5 Å². The van der Waals surface area contributed by atoms with Crippen LogP contribution < -0.4 is 11.1 Å². The molecule has 0 radical (unpaired) electrons. The Morgan fingerprint density at radius 1 is 1.44 bits per heavy atom. The molecule has 0 aromatic carbocycles. The molecule has 1 aliphatic carbocycles. The summed E-state index contributed by atoms with van der Waals surface area (Å²) in [7, 11) is 0. The summed E-state index contributed by atoms with van der Waals surface area (Å²) < 4.78 is 4.76. The molecule has 5 nitrogen and oxygen atoms in total. The molecule has 3 N–H and O–H groups in total. The third-order valence-corrected chi connectivity index (χ3v) is 2.78. The quantitative estimate of drug-likeness (QED) is 0.658. The highest BCUT2D eigenvalue weighted by Gasteiger charge is 2.27. The Bertz CT molecular complexity index is 256. The fourth-order valence-corrected chi connectivity index (χ4v) is 1.92. The maximum Gasteiger partial charge on any atom is 0.307 e. The molecule has 2 unspecified atom stereocenters. The highest BCUT2D eigenvalue weighted by atomic mass is 16.5. The lowest BCUT2D eigenvalue weighted by atomic mass is 10.1. The lowest BCUT2D eigenvalue weighted by molar-refractivity contribution is -0.143. The summed E-state index contributed by atoms with van der Waals surface area (Å²) in [6.07, 6.45) is 2.76. The number of hydrogen-bond acceptors (Lipinski definition) is 4. The molecule has 1 rings (SSSR count). The Morgan fingerprint density at radius 3 is 2.75 bits per heavy atom. The number of esters is 1. The normalized spacial score (nSPS) is 24.1. The molecule has 1 amide bonds. The molecule has 0 bridgehead atoms. The molecule has 0 saturated heterocycles. The molecule has 1 aliphatic rings. The van der Waals surface area contributed by atoms with Crippen molar-refractivity contribution in [3.63, 3.8) is 0 Å². The average molecular weight is 228 g/mol. The largest absolute Gasteiger partial charge is 0.466 e. The molecule has 0 aliphatic heterocycles. The van der Waals surface area contributed by atoms with Gasteiger partial charge in [-0.05, 0) is 26.2 Å². The molecular weight excluding hydrogens is 208 g/mol. The highest BCUT2D eigenvalue weighted by molar-refractivity contribution is 5.79. The zero-order chi connectivity index (χ0) is 12.0. The number of carbonyl (C=O) groups excluding carboxylic acids is 2. The summed E-state index contributed by atoms with van der Waals surface area (Å²) in [6.45, 7) is 2.49. The van der Waals surface area contributed by atoms with Gasteiger partial charge in [0.05, 0.1) is 13.0 Å². The number of carbonyl (C=O) groups is 2. The number of nitrogens with one attached hydrogen (secondary N) is 1. The van der Waals surface area contributed by atoms with Gasteiger partial charge < -0.3 is 15.8 Å². The molecule has 0 heterocycles. The van der Waals surface area contributed by atoms with E-state index in [2.05, 4.69) is 5.32 Å². The first-order valence-electron chi connectivity index (χ1n) is 5.82. The lowest BCUT2D eigenvalue weighted by Crippen LogP contribution is -2.32. The monoisotopic (exact) mass is 228 g/mol. The molecule has 1 fully saturated rings.